The molecule has 1 N–H and O–H groups in total. The highest BCUT2D eigenvalue weighted by Crippen LogP contribution is 2.25. The zero-order chi connectivity index (χ0) is 20.4. The summed E-state index contributed by atoms with van der Waals surface area (Å²) in [6.45, 7) is 2.22. The average Bonchev–Trinajstić information content (AvgIpc) is 3.42. The molecule has 3 aromatic rings. The highest BCUT2D eigenvalue weighted by molar-refractivity contribution is 5.90. The van der Waals surface area contributed by atoms with Crippen LogP contribution in [0.3, 0.4) is 0 Å². The van der Waals surface area contributed by atoms with Gasteiger partial charge >= 0.3 is 6.09 Å². The van der Waals surface area contributed by atoms with Crippen LogP contribution in [0, 0.1) is 5.82 Å². The standard InChI is InChI=1S/C18H18FN7O3/c1-12(27)20-8-15-11-25(18(28)29-15)14-3-4-17(16(19)7-14)26-10-13(22-23-26)9-24-6-2-5-21-24/h2-7,10,15H,8-9,11H2,1H3,(H,20,27). The highest BCUT2D eigenvalue weighted by atomic mass is 19.1. The lowest BCUT2D eigenvalue weighted by Crippen LogP contribution is -2.33. The van der Waals surface area contributed by atoms with Crippen LogP contribution in [0.5, 0.6) is 0 Å². The van der Waals surface area contributed by atoms with E-state index < -0.39 is 18.0 Å². The van der Waals surface area contributed by atoms with Gasteiger partial charge in [-0.1, -0.05) is 5.21 Å². The maximum Gasteiger partial charge on any atom is 0.414 e. The number of carbonyl (C=O) groups excluding carboxylic acids is 2. The van der Waals surface area contributed by atoms with Crippen molar-refractivity contribution in [3.8, 4) is 5.69 Å². The molecule has 11 heteroatoms. The minimum atomic E-state index is -0.588. The van der Waals surface area contributed by atoms with E-state index in [1.807, 2.05) is 0 Å². The molecule has 0 spiro atoms. The summed E-state index contributed by atoms with van der Waals surface area (Å²) in [5.74, 6) is -0.772. The number of benzene rings is 1. The fourth-order valence-corrected chi connectivity index (χ4v) is 2.99. The van der Waals surface area contributed by atoms with Gasteiger partial charge in [0.15, 0.2) is 5.82 Å². The molecule has 10 nitrogen and oxygen atoms in total. The quantitative estimate of drug-likeness (QED) is 0.666. The Balaban J connectivity index is 1.48. The van der Waals surface area contributed by atoms with Crippen LogP contribution >= 0.6 is 0 Å². The van der Waals surface area contributed by atoms with E-state index in [4.69, 9.17) is 4.74 Å². The molecule has 2 aromatic heterocycles. The smallest absolute Gasteiger partial charge is 0.414 e. The Morgan fingerprint density at radius 2 is 2.28 bits per heavy atom. The Morgan fingerprint density at radius 3 is 3.00 bits per heavy atom. The number of nitrogens with one attached hydrogen (secondary N) is 1. The third-order valence-electron chi connectivity index (χ3n) is 4.37. The van der Waals surface area contributed by atoms with Crippen molar-refractivity contribution in [1.29, 1.82) is 0 Å². The Labute approximate surface area is 164 Å². The van der Waals surface area contributed by atoms with Crippen molar-refractivity contribution in [2.24, 2.45) is 0 Å². The Bertz CT molecular complexity index is 1030. The zero-order valence-electron chi connectivity index (χ0n) is 15.5. The first-order valence-corrected chi connectivity index (χ1v) is 8.91. The van der Waals surface area contributed by atoms with E-state index >= 15 is 0 Å². The maximum atomic E-state index is 14.7. The third kappa shape index (κ3) is 4.08. The minimum Gasteiger partial charge on any atom is -0.442 e. The number of ether oxygens (including phenoxy) is 1. The van der Waals surface area contributed by atoms with E-state index in [1.54, 1.807) is 35.4 Å². The highest BCUT2D eigenvalue weighted by Gasteiger charge is 2.32. The molecule has 1 saturated heterocycles. The molecule has 1 aliphatic heterocycles. The number of nitrogens with zero attached hydrogens (tertiary/aromatic N) is 6. The number of rotatable bonds is 6. The average molecular weight is 399 g/mol. The van der Waals surface area contributed by atoms with Gasteiger partial charge in [0.25, 0.3) is 0 Å². The predicted molar refractivity (Wildman–Crippen MR) is 98.9 cm³/mol. The maximum absolute atomic E-state index is 14.7. The summed E-state index contributed by atoms with van der Waals surface area (Å²) in [5.41, 5.74) is 1.19. The second-order valence-electron chi connectivity index (χ2n) is 6.55. The van der Waals surface area contributed by atoms with Crippen molar-refractivity contribution in [1.82, 2.24) is 30.1 Å². The van der Waals surface area contributed by atoms with Gasteiger partial charge in [0.1, 0.15) is 17.5 Å². The van der Waals surface area contributed by atoms with Crippen LogP contribution in [0.15, 0.2) is 42.9 Å². The van der Waals surface area contributed by atoms with Crippen molar-refractivity contribution < 1.29 is 18.7 Å². The normalized spacial score (nSPS) is 16.1. The first-order valence-electron chi connectivity index (χ1n) is 8.91. The second-order valence-corrected chi connectivity index (χ2v) is 6.55. The molecule has 1 fully saturated rings. The Hall–Kier alpha value is -3.76. The van der Waals surface area contributed by atoms with Gasteiger partial charge in [0, 0.05) is 19.3 Å². The summed E-state index contributed by atoms with van der Waals surface area (Å²) < 4.78 is 22.9. The molecule has 3 heterocycles. The third-order valence-corrected chi connectivity index (χ3v) is 4.37. The summed E-state index contributed by atoms with van der Waals surface area (Å²) in [6.07, 6.45) is 3.99. The SMILES string of the molecule is CC(=O)NCC1CN(c2ccc(-n3cc(Cn4cccn4)nn3)c(F)c2)C(=O)O1. The molecule has 0 aliphatic carbocycles. The van der Waals surface area contributed by atoms with Gasteiger partial charge in [-0.3, -0.25) is 14.4 Å². The number of aromatic nitrogens is 5. The van der Waals surface area contributed by atoms with E-state index in [1.165, 1.54) is 28.6 Å². The van der Waals surface area contributed by atoms with Crippen molar-refractivity contribution in [3.63, 3.8) is 0 Å². The van der Waals surface area contributed by atoms with Crippen LogP contribution < -0.4 is 10.2 Å². The van der Waals surface area contributed by atoms with Gasteiger partial charge in [-0.15, -0.1) is 5.10 Å². The summed E-state index contributed by atoms with van der Waals surface area (Å²) in [7, 11) is 0. The first kappa shape index (κ1) is 18.6. The van der Waals surface area contributed by atoms with E-state index in [9.17, 15) is 14.0 Å². The van der Waals surface area contributed by atoms with Gasteiger partial charge in [0.2, 0.25) is 5.91 Å². The van der Waals surface area contributed by atoms with Crippen molar-refractivity contribution in [3.05, 3.63) is 54.4 Å². The predicted octanol–water partition coefficient (Wildman–Crippen LogP) is 1.11. The number of hydrogen-bond donors (Lipinski definition) is 1. The van der Waals surface area contributed by atoms with Crippen LogP contribution in [0.25, 0.3) is 5.69 Å². The molecule has 0 radical (unpaired) electrons. The number of hydrogen-bond acceptors (Lipinski definition) is 6. The largest absolute Gasteiger partial charge is 0.442 e. The molecule has 1 aromatic carbocycles. The van der Waals surface area contributed by atoms with E-state index in [-0.39, 0.29) is 24.7 Å². The van der Waals surface area contributed by atoms with Crippen LogP contribution in [-0.4, -0.2) is 56.0 Å². The summed E-state index contributed by atoms with van der Waals surface area (Å²) in [5, 5.41) is 14.7. The van der Waals surface area contributed by atoms with Crippen LogP contribution in [-0.2, 0) is 16.1 Å². The summed E-state index contributed by atoms with van der Waals surface area (Å²) >= 11 is 0. The first-order chi connectivity index (χ1) is 14.0. The van der Waals surface area contributed by atoms with Gasteiger partial charge in [-0.2, -0.15) is 5.10 Å². The molecule has 0 saturated carbocycles. The van der Waals surface area contributed by atoms with Crippen molar-refractivity contribution in [2.75, 3.05) is 18.0 Å². The Kier molecular flexibility index (Phi) is 4.94. The molecule has 0 bridgehead atoms. The number of cyclic esters (lactones) is 1. The van der Waals surface area contributed by atoms with Gasteiger partial charge in [0.05, 0.1) is 31.5 Å². The summed E-state index contributed by atoms with van der Waals surface area (Å²) in [4.78, 5) is 24.4. The lowest BCUT2D eigenvalue weighted by Gasteiger charge is -2.14. The summed E-state index contributed by atoms with van der Waals surface area (Å²) in [6, 6.07) is 6.17. The van der Waals surface area contributed by atoms with Crippen LogP contribution in [0.4, 0.5) is 14.9 Å². The van der Waals surface area contributed by atoms with Crippen molar-refractivity contribution >= 4 is 17.7 Å². The van der Waals surface area contributed by atoms with E-state index in [0.717, 1.165) is 0 Å². The fourth-order valence-electron chi connectivity index (χ4n) is 2.99. The lowest BCUT2D eigenvalue weighted by atomic mass is 10.2. The zero-order valence-corrected chi connectivity index (χ0v) is 15.5. The van der Waals surface area contributed by atoms with E-state index in [2.05, 4.69) is 20.7 Å². The molecule has 4 rings (SSSR count). The number of carbonyl (C=O) groups is 2. The Morgan fingerprint density at radius 1 is 1.41 bits per heavy atom. The molecule has 29 heavy (non-hydrogen) atoms. The van der Waals surface area contributed by atoms with E-state index in [0.29, 0.717) is 17.9 Å². The molecule has 1 atom stereocenters. The molecule has 1 unspecified atom stereocenters. The number of anilines is 1. The van der Waals surface area contributed by atoms with Gasteiger partial charge in [-0.25, -0.2) is 13.9 Å². The topological polar surface area (TPSA) is 107 Å². The van der Waals surface area contributed by atoms with Crippen LogP contribution in [0.1, 0.15) is 12.6 Å². The monoisotopic (exact) mass is 399 g/mol. The molecular weight excluding hydrogens is 381 g/mol. The molecular formula is C18H18FN7O3. The van der Waals surface area contributed by atoms with Crippen LogP contribution in [0.2, 0.25) is 0 Å². The molecule has 2 amide bonds. The molecule has 150 valence electrons. The fraction of sp³-hybridized carbons (Fsp3) is 0.278. The molecule has 1 aliphatic rings. The number of amides is 2. The van der Waals surface area contributed by atoms with Crippen molar-refractivity contribution in [2.45, 2.75) is 19.6 Å². The number of halogens is 1. The van der Waals surface area contributed by atoms with Gasteiger partial charge in [-0.05, 0) is 24.3 Å². The minimum absolute atomic E-state index is 0.204. The lowest BCUT2D eigenvalue weighted by molar-refractivity contribution is -0.119. The van der Waals surface area contributed by atoms with Gasteiger partial charge < -0.3 is 10.1 Å². The second kappa shape index (κ2) is 7.70.